The average molecular weight is 341 g/mol. The van der Waals surface area contributed by atoms with Crippen molar-refractivity contribution in [2.45, 2.75) is 45.3 Å². The number of amides is 1. The zero-order valence-electron chi connectivity index (χ0n) is 15.0. The van der Waals surface area contributed by atoms with Crippen molar-refractivity contribution in [3.05, 3.63) is 48.5 Å². The number of carbonyl (C=O) groups is 1. The zero-order chi connectivity index (χ0) is 17.6. The second-order valence-electron chi connectivity index (χ2n) is 7.10. The minimum absolute atomic E-state index is 0.0857. The summed E-state index contributed by atoms with van der Waals surface area (Å²) in [5.41, 5.74) is 1.06. The fourth-order valence-corrected chi connectivity index (χ4v) is 3.60. The van der Waals surface area contributed by atoms with E-state index in [1.165, 1.54) is 0 Å². The van der Waals surface area contributed by atoms with Gasteiger partial charge in [-0.2, -0.15) is 5.10 Å². The van der Waals surface area contributed by atoms with E-state index in [1.807, 2.05) is 48.9 Å². The van der Waals surface area contributed by atoms with E-state index in [1.54, 1.807) is 12.7 Å². The molecule has 2 atom stereocenters. The number of benzene rings is 1. The van der Waals surface area contributed by atoms with Crippen LogP contribution in [0.4, 0.5) is 0 Å². The Morgan fingerprint density at radius 3 is 2.80 bits per heavy atom. The van der Waals surface area contributed by atoms with Gasteiger partial charge < -0.3 is 5.32 Å². The van der Waals surface area contributed by atoms with Gasteiger partial charge in [0.15, 0.2) is 0 Å². The van der Waals surface area contributed by atoms with Crippen LogP contribution >= 0.6 is 0 Å². The Morgan fingerprint density at radius 2 is 2.12 bits per heavy atom. The van der Waals surface area contributed by atoms with E-state index >= 15 is 0 Å². The lowest BCUT2D eigenvalue weighted by Gasteiger charge is -2.38. The summed E-state index contributed by atoms with van der Waals surface area (Å²) in [6.45, 7) is 6.70. The smallest absolute Gasteiger partial charge is 0.242 e. The van der Waals surface area contributed by atoms with Crippen LogP contribution in [0.3, 0.4) is 0 Å². The highest BCUT2D eigenvalue weighted by atomic mass is 16.2. The quantitative estimate of drug-likeness (QED) is 0.875. The maximum Gasteiger partial charge on any atom is 0.242 e. The Balaban J connectivity index is 1.76. The molecule has 1 aliphatic heterocycles. The van der Waals surface area contributed by atoms with Crippen LogP contribution in [0.2, 0.25) is 0 Å². The molecule has 1 fully saturated rings. The predicted octanol–water partition coefficient (Wildman–Crippen LogP) is 2.26. The molecule has 1 aromatic heterocycles. The molecule has 2 heterocycles. The van der Waals surface area contributed by atoms with Gasteiger partial charge in [-0.3, -0.25) is 14.4 Å². The molecule has 6 heteroatoms. The lowest BCUT2D eigenvalue weighted by atomic mass is 9.94. The molecule has 1 aliphatic rings. The normalized spacial score (nSPS) is 19.7. The summed E-state index contributed by atoms with van der Waals surface area (Å²) in [4.78, 5) is 19.2. The van der Waals surface area contributed by atoms with Crippen LogP contribution in [0.15, 0.2) is 43.0 Å². The molecule has 134 valence electrons. The van der Waals surface area contributed by atoms with Gasteiger partial charge in [0.1, 0.15) is 18.7 Å². The molecular formula is C19H27N5O. The van der Waals surface area contributed by atoms with Gasteiger partial charge in [-0.1, -0.05) is 30.3 Å². The molecule has 1 aromatic carbocycles. The van der Waals surface area contributed by atoms with Gasteiger partial charge in [0.05, 0.1) is 0 Å². The first kappa shape index (κ1) is 17.6. The summed E-state index contributed by atoms with van der Waals surface area (Å²) in [6.07, 6.45) is 5.59. The molecule has 0 spiro atoms. The van der Waals surface area contributed by atoms with Gasteiger partial charge in [-0.15, -0.1) is 0 Å². The van der Waals surface area contributed by atoms with Crippen molar-refractivity contribution < 1.29 is 4.79 Å². The fourth-order valence-electron chi connectivity index (χ4n) is 3.60. The predicted molar refractivity (Wildman–Crippen MR) is 96.8 cm³/mol. The Labute approximate surface area is 149 Å². The number of piperidine rings is 1. The van der Waals surface area contributed by atoms with Crippen LogP contribution in [0.25, 0.3) is 0 Å². The standard InChI is InChI=1S/C19H27N5O/c1-15(2)22-19(25)18(17-8-4-3-5-9-17)23-10-6-7-16(11-23)12-24-14-20-13-21-24/h3-5,8-9,13-16,18H,6-7,10-12H2,1-2H3,(H,22,25)/t16-,18+/m1/s1. The maximum absolute atomic E-state index is 12.9. The number of rotatable bonds is 6. The number of likely N-dealkylation sites (tertiary alicyclic amines) is 1. The van der Waals surface area contributed by atoms with Crippen LogP contribution in [0.1, 0.15) is 38.3 Å². The van der Waals surface area contributed by atoms with Crippen LogP contribution in [0.5, 0.6) is 0 Å². The number of nitrogens with one attached hydrogen (secondary N) is 1. The molecule has 0 saturated carbocycles. The lowest BCUT2D eigenvalue weighted by Crippen LogP contribution is -2.47. The monoisotopic (exact) mass is 341 g/mol. The highest BCUT2D eigenvalue weighted by Crippen LogP contribution is 2.28. The molecule has 3 rings (SSSR count). The van der Waals surface area contributed by atoms with Gasteiger partial charge in [0.25, 0.3) is 0 Å². The lowest BCUT2D eigenvalue weighted by molar-refractivity contribution is -0.128. The van der Waals surface area contributed by atoms with E-state index in [2.05, 4.69) is 20.3 Å². The van der Waals surface area contributed by atoms with E-state index < -0.39 is 0 Å². The summed E-state index contributed by atoms with van der Waals surface area (Å²) in [6, 6.07) is 9.99. The van der Waals surface area contributed by atoms with E-state index in [9.17, 15) is 4.79 Å². The van der Waals surface area contributed by atoms with Gasteiger partial charge in [-0.05, 0) is 44.7 Å². The summed E-state index contributed by atoms with van der Waals surface area (Å²) in [7, 11) is 0. The van der Waals surface area contributed by atoms with E-state index in [4.69, 9.17) is 0 Å². The number of hydrogen-bond donors (Lipinski definition) is 1. The first-order valence-electron chi connectivity index (χ1n) is 9.05. The molecule has 1 saturated heterocycles. The van der Waals surface area contributed by atoms with Crippen molar-refractivity contribution in [2.75, 3.05) is 13.1 Å². The second kappa shape index (κ2) is 8.25. The fraction of sp³-hybridized carbons (Fsp3) is 0.526. The van der Waals surface area contributed by atoms with Crippen molar-refractivity contribution in [1.82, 2.24) is 25.0 Å². The number of hydrogen-bond acceptors (Lipinski definition) is 4. The SMILES string of the molecule is CC(C)NC(=O)[C@H](c1ccccc1)N1CCC[C@@H](Cn2cncn2)C1. The molecule has 2 aromatic rings. The van der Waals surface area contributed by atoms with Crippen molar-refractivity contribution in [3.63, 3.8) is 0 Å². The first-order chi connectivity index (χ1) is 12.1. The molecular weight excluding hydrogens is 314 g/mol. The summed E-state index contributed by atoms with van der Waals surface area (Å²) >= 11 is 0. The topological polar surface area (TPSA) is 63.1 Å². The summed E-state index contributed by atoms with van der Waals surface area (Å²) in [5.74, 6) is 0.566. The van der Waals surface area contributed by atoms with Crippen molar-refractivity contribution >= 4 is 5.91 Å². The van der Waals surface area contributed by atoms with Gasteiger partial charge in [0, 0.05) is 19.1 Å². The highest BCUT2D eigenvalue weighted by Gasteiger charge is 2.32. The molecule has 0 radical (unpaired) electrons. The van der Waals surface area contributed by atoms with Gasteiger partial charge in [-0.25, -0.2) is 4.98 Å². The molecule has 25 heavy (non-hydrogen) atoms. The largest absolute Gasteiger partial charge is 0.352 e. The van der Waals surface area contributed by atoms with Gasteiger partial charge in [0.2, 0.25) is 5.91 Å². The Kier molecular flexibility index (Phi) is 5.81. The van der Waals surface area contributed by atoms with Crippen molar-refractivity contribution in [3.8, 4) is 0 Å². The van der Waals surface area contributed by atoms with Crippen molar-refractivity contribution in [1.29, 1.82) is 0 Å². The van der Waals surface area contributed by atoms with E-state index in [0.29, 0.717) is 5.92 Å². The first-order valence-corrected chi connectivity index (χ1v) is 9.05. The van der Waals surface area contributed by atoms with Crippen LogP contribution in [0, 0.1) is 5.92 Å². The molecule has 0 aliphatic carbocycles. The minimum Gasteiger partial charge on any atom is -0.352 e. The highest BCUT2D eigenvalue weighted by molar-refractivity contribution is 5.83. The van der Waals surface area contributed by atoms with E-state index in [0.717, 1.165) is 38.0 Å². The zero-order valence-corrected chi connectivity index (χ0v) is 15.0. The molecule has 1 N–H and O–H groups in total. The van der Waals surface area contributed by atoms with E-state index in [-0.39, 0.29) is 18.0 Å². The third kappa shape index (κ3) is 4.66. The summed E-state index contributed by atoms with van der Waals surface area (Å²) in [5, 5.41) is 7.31. The van der Waals surface area contributed by atoms with Crippen LogP contribution < -0.4 is 5.32 Å². The molecule has 1 amide bonds. The second-order valence-corrected chi connectivity index (χ2v) is 7.10. The molecule has 6 nitrogen and oxygen atoms in total. The third-order valence-corrected chi connectivity index (χ3v) is 4.62. The number of carbonyl (C=O) groups excluding carboxylic acids is 1. The number of aromatic nitrogens is 3. The third-order valence-electron chi connectivity index (χ3n) is 4.62. The molecule has 0 unspecified atom stereocenters. The van der Waals surface area contributed by atoms with Gasteiger partial charge >= 0.3 is 0 Å². The Bertz CT molecular complexity index is 656. The average Bonchev–Trinajstić information content (AvgIpc) is 3.09. The molecule has 0 bridgehead atoms. The minimum atomic E-state index is -0.234. The Morgan fingerprint density at radius 1 is 1.32 bits per heavy atom. The maximum atomic E-state index is 12.9. The van der Waals surface area contributed by atoms with Crippen molar-refractivity contribution in [2.24, 2.45) is 5.92 Å². The Hall–Kier alpha value is -2.21. The number of nitrogens with zero attached hydrogens (tertiary/aromatic N) is 4. The van der Waals surface area contributed by atoms with Crippen LogP contribution in [-0.2, 0) is 11.3 Å². The summed E-state index contributed by atoms with van der Waals surface area (Å²) < 4.78 is 1.89. The van der Waals surface area contributed by atoms with Crippen LogP contribution in [-0.4, -0.2) is 44.7 Å².